The van der Waals surface area contributed by atoms with Gasteiger partial charge in [0.2, 0.25) is 0 Å². The molecule has 0 aromatic heterocycles. The van der Waals surface area contributed by atoms with E-state index in [1.807, 2.05) is 0 Å². The summed E-state index contributed by atoms with van der Waals surface area (Å²) in [4.78, 5) is 5.04. The molecular weight excluding hydrogens is 208 g/mol. The van der Waals surface area contributed by atoms with Gasteiger partial charge in [0.05, 0.1) is 0 Å². The SMILES string of the molecule is Cc1ccc2c(c1)CCN(CC1CN(C)C1)C2. The van der Waals surface area contributed by atoms with Crippen molar-refractivity contribution in [2.24, 2.45) is 5.92 Å². The van der Waals surface area contributed by atoms with Crippen LogP contribution in [0.3, 0.4) is 0 Å². The summed E-state index contributed by atoms with van der Waals surface area (Å²) in [5.41, 5.74) is 4.53. The number of nitrogens with zero attached hydrogens (tertiary/aromatic N) is 2. The number of hydrogen-bond acceptors (Lipinski definition) is 2. The maximum Gasteiger partial charge on any atom is 0.0236 e. The van der Waals surface area contributed by atoms with Crippen LogP contribution >= 0.6 is 0 Å². The zero-order valence-corrected chi connectivity index (χ0v) is 10.9. The molecule has 1 saturated heterocycles. The summed E-state index contributed by atoms with van der Waals surface area (Å²) in [5, 5.41) is 0. The standard InChI is InChI=1S/C15H22N2/c1-12-3-4-15-11-17(6-5-14(15)7-12)10-13-8-16(2)9-13/h3-4,7,13H,5-6,8-11H2,1-2H3. The van der Waals surface area contributed by atoms with E-state index >= 15 is 0 Å². The Hall–Kier alpha value is -0.860. The van der Waals surface area contributed by atoms with Crippen molar-refractivity contribution < 1.29 is 0 Å². The van der Waals surface area contributed by atoms with Crippen molar-refractivity contribution in [1.29, 1.82) is 0 Å². The van der Waals surface area contributed by atoms with Crippen LogP contribution in [0.1, 0.15) is 16.7 Å². The minimum Gasteiger partial charge on any atom is -0.306 e. The van der Waals surface area contributed by atoms with Crippen molar-refractivity contribution in [3.05, 3.63) is 34.9 Å². The number of likely N-dealkylation sites (tertiary alicyclic amines) is 1. The Bertz CT molecular complexity index is 407. The largest absolute Gasteiger partial charge is 0.306 e. The first-order chi connectivity index (χ1) is 8.20. The van der Waals surface area contributed by atoms with Gasteiger partial charge in [-0.3, -0.25) is 4.90 Å². The summed E-state index contributed by atoms with van der Waals surface area (Å²) >= 11 is 0. The fraction of sp³-hybridized carbons (Fsp3) is 0.600. The van der Waals surface area contributed by atoms with E-state index in [-0.39, 0.29) is 0 Å². The summed E-state index contributed by atoms with van der Waals surface area (Å²) in [6, 6.07) is 6.94. The third-order valence-electron chi connectivity index (χ3n) is 4.11. The van der Waals surface area contributed by atoms with Gasteiger partial charge in [0, 0.05) is 32.7 Å². The molecule has 1 fully saturated rings. The van der Waals surface area contributed by atoms with Crippen LogP contribution in [0, 0.1) is 12.8 Å². The van der Waals surface area contributed by atoms with Crippen molar-refractivity contribution >= 4 is 0 Å². The van der Waals surface area contributed by atoms with Crippen molar-refractivity contribution in [3.8, 4) is 0 Å². The molecule has 1 aromatic rings. The molecule has 0 bridgehead atoms. The predicted octanol–water partition coefficient (Wildman–Crippen LogP) is 1.91. The van der Waals surface area contributed by atoms with Crippen molar-refractivity contribution in [1.82, 2.24) is 9.80 Å². The second-order valence-corrected chi connectivity index (χ2v) is 5.84. The van der Waals surface area contributed by atoms with Crippen LogP contribution in [0.2, 0.25) is 0 Å². The molecule has 2 heterocycles. The molecule has 0 unspecified atom stereocenters. The maximum atomic E-state index is 2.63. The maximum absolute atomic E-state index is 2.63. The number of fused-ring (bicyclic) bond motifs is 1. The zero-order chi connectivity index (χ0) is 11.8. The van der Waals surface area contributed by atoms with Crippen LogP contribution in [0.5, 0.6) is 0 Å². The highest BCUT2D eigenvalue weighted by atomic mass is 15.2. The summed E-state index contributed by atoms with van der Waals surface area (Å²) in [5.74, 6) is 0.909. The number of rotatable bonds is 2. The van der Waals surface area contributed by atoms with Gasteiger partial charge in [0.25, 0.3) is 0 Å². The second kappa shape index (κ2) is 4.43. The van der Waals surface area contributed by atoms with Crippen LogP contribution in [0.25, 0.3) is 0 Å². The lowest BCUT2D eigenvalue weighted by Gasteiger charge is -2.40. The van der Waals surface area contributed by atoms with Crippen LogP contribution < -0.4 is 0 Å². The number of benzene rings is 1. The molecule has 0 amide bonds. The quantitative estimate of drug-likeness (QED) is 0.766. The molecule has 0 saturated carbocycles. The van der Waals surface area contributed by atoms with Gasteiger partial charge in [0.15, 0.2) is 0 Å². The van der Waals surface area contributed by atoms with Crippen LogP contribution in [0.4, 0.5) is 0 Å². The average Bonchev–Trinajstić information content (AvgIpc) is 2.27. The Morgan fingerprint density at radius 3 is 2.82 bits per heavy atom. The molecule has 0 atom stereocenters. The fourth-order valence-corrected chi connectivity index (χ4v) is 3.20. The highest BCUT2D eigenvalue weighted by Crippen LogP contribution is 2.22. The topological polar surface area (TPSA) is 6.48 Å². The van der Waals surface area contributed by atoms with Crippen LogP contribution in [0.15, 0.2) is 18.2 Å². The minimum absolute atomic E-state index is 0.909. The Balaban J connectivity index is 1.62. The van der Waals surface area contributed by atoms with Crippen molar-refractivity contribution in [2.75, 3.05) is 33.2 Å². The van der Waals surface area contributed by atoms with E-state index in [4.69, 9.17) is 0 Å². The van der Waals surface area contributed by atoms with E-state index in [1.54, 1.807) is 11.1 Å². The first-order valence-corrected chi connectivity index (χ1v) is 6.70. The molecule has 0 aliphatic carbocycles. The highest BCUT2D eigenvalue weighted by Gasteiger charge is 2.26. The summed E-state index contributed by atoms with van der Waals surface area (Å²) in [6.07, 6.45) is 1.24. The Morgan fingerprint density at radius 1 is 1.24 bits per heavy atom. The lowest BCUT2D eigenvalue weighted by atomic mass is 9.95. The van der Waals surface area contributed by atoms with E-state index < -0.39 is 0 Å². The van der Waals surface area contributed by atoms with Gasteiger partial charge in [-0.25, -0.2) is 0 Å². The molecule has 0 spiro atoms. The van der Waals surface area contributed by atoms with Gasteiger partial charge in [-0.05, 0) is 37.4 Å². The average molecular weight is 230 g/mol. The zero-order valence-electron chi connectivity index (χ0n) is 10.9. The molecule has 92 valence electrons. The van der Waals surface area contributed by atoms with Gasteiger partial charge in [-0.15, -0.1) is 0 Å². The Kier molecular flexibility index (Phi) is 2.93. The monoisotopic (exact) mass is 230 g/mol. The molecule has 2 aliphatic heterocycles. The normalized spacial score (nSPS) is 22.2. The van der Waals surface area contributed by atoms with E-state index in [1.165, 1.54) is 38.2 Å². The highest BCUT2D eigenvalue weighted by molar-refractivity contribution is 5.33. The van der Waals surface area contributed by atoms with Gasteiger partial charge >= 0.3 is 0 Å². The smallest absolute Gasteiger partial charge is 0.0236 e. The molecular formula is C15H22N2. The van der Waals surface area contributed by atoms with E-state index in [2.05, 4.69) is 42.0 Å². The third-order valence-corrected chi connectivity index (χ3v) is 4.11. The minimum atomic E-state index is 0.909. The van der Waals surface area contributed by atoms with Gasteiger partial charge in [0.1, 0.15) is 0 Å². The lowest BCUT2D eigenvalue weighted by Crippen LogP contribution is -2.49. The predicted molar refractivity (Wildman–Crippen MR) is 71.1 cm³/mol. The second-order valence-electron chi connectivity index (χ2n) is 5.84. The molecule has 2 nitrogen and oxygen atoms in total. The van der Waals surface area contributed by atoms with Crippen molar-refractivity contribution in [2.45, 2.75) is 19.9 Å². The fourth-order valence-electron chi connectivity index (χ4n) is 3.20. The molecule has 17 heavy (non-hydrogen) atoms. The molecule has 2 aliphatic rings. The van der Waals surface area contributed by atoms with Gasteiger partial charge < -0.3 is 4.90 Å². The van der Waals surface area contributed by atoms with E-state index in [0.29, 0.717) is 0 Å². The van der Waals surface area contributed by atoms with Gasteiger partial charge in [-0.1, -0.05) is 23.8 Å². The molecule has 0 radical (unpaired) electrons. The van der Waals surface area contributed by atoms with E-state index in [9.17, 15) is 0 Å². The summed E-state index contributed by atoms with van der Waals surface area (Å²) < 4.78 is 0. The first-order valence-electron chi connectivity index (χ1n) is 6.70. The molecule has 1 aromatic carbocycles. The molecule has 3 rings (SSSR count). The summed E-state index contributed by atoms with van der Waals surface area (Å²) in [6.45, 7) is 8.47. The summed E-state index contributed by atoms with van der Waals surface area (Å²) in [7, 11) is 2.21. The van der Waals surface area contributed by atoms with Crippen LogP contribution in [-0.2, 0) is 13.0 Å². The van der Waals surface area contributed by atoms with Crippen molar-refractivity contribution in [3.63, 3.8) is 0 Å². The van der Waals surface area contributed by atoms with Crippen LogP contribution in [-0.4, -0.2) is 43.0 Å². The van der Waals surface area contributed by atoms with E-state index in [0.717, 1.165) is 12.5 Å². The number of hydrogen-bond donors (Lipinski definition) is 0. The Morgan fingerprint density at radius 2 is 2.06 bits per heavy atom. The molecule has 0 N–H and O–H groups in total. The lowest BCUT2D eigenvalue weighted by molar-refractivity contribution is 0.0855. The third kappa shape index (κ3) is 2.38. The molecule has 2 heteroatoms. The number of aryl methyl sites for hydroxylation is 1. The first kappa shape index (κ1) is 11.2. The Labute approximate surface area is 104 Å². The van der Waals surface area contributed by atoms with Gasteiger partial charge in [-0.2, -0.15) is 0 Å².